The van der Waals surface area contributed by atoms with Crippen LogP contribution in [-0.4, -0.2) is 43.1 Å². The quantitative estimate of drug-likeness (QED) is 0.206. The van der Waals surface area contributed by atoms with Gasteiger partial charge < -0.3 is 31.6 Å². The molecule has 0 heterocycles. The van der Waals surface area contributed by atoms with Crippen LogP contribution in [0.2, 0.25) is 0 Å². The van der Waals surface area contributed by atoms with Gasteiger partial charge in [-0.1, -0.05) is 60.7 Å². The maximum atomic E-state index is 13.1. The molecule has 2 aromatic carbocycles. The highest BCUT2D eigenvalue weighted by Gasteiger charge is 2.27. The number of nitrogens with two attached hydrogens (primary N) is 2. The van der Waals surface area contributed by atoms with Gasteiger partial charge >= 0.3 is 12.1 Å². The van der Waals surface area contributed by atoms with Crippen molar-refractivity contribution in [1.29, 1.82) is 0 Å². The van der Waals surface area contributed by atoms with E-state index in [-0.39, 0.29) is 13.2 Å². The summed E-state index contributed by atoms with van der Waals surface area (Å²) in [5.74, 6) is -1.00. The Morgan fingerprint density at radius 3 is 1.69 bits per heavy atom. The lowest BCUT2D eigenvalue weighted by molar-refractivity contribution is -0.149. The van der Waals surface area contributed by atoms with E-state index >= 15 is 0 Å². The van der Waals surface area contributed by atoms with Crippen LogP contribution in [0.1, 0.15) is 49.7 Å². The van der Waals surface area contributed by atoms with Crippen molar-refractivity contribution in [1.82, 2.24) is 10.6 Å². The molecule has 9 nitrogen and oxygen atoms in total. The fraction of sp³-hybridized carbons (Fsp3) is 0.444. The van der Waals surface area contributed by atoms with Crippen LogP contribution in [0.3, 0.4) is 0 Å². The molecular formula is C27H38N4O5. The van der Waals surface area contributed by atoms with Crippen molar-refractivity contribution < 1.29 is 23.9 Å². The number of unbranched alkanes of at least 4 members (excludes halogenated alkanes) is 2. The Balaban J connectivity index is 1.99. The van der Waals surface area contributed by atoms with Crippen molar-refractivity contribution in [3.63, 3.8) is 0 Å². The zero-order valence-corrected chi connectivity index (χ0v) is 20.7. The van der Waals surface area contributed by atoms with E-state index < -0.39 is 30.1 Å². The number of nitrogens with one attached hydrogen (secondary N) is 2. The summed E-state index contributed by atoms with van der Waals surface area (Å²) in [7, 11) is 0. The maximum absolute atomic E-state index is 13.1. The van der Waals surface area contributed by atoms with Crippen LogP contribution in [0.15, 0.2) is 60.7 Å². The summed E-state index contributed by atoms with van der Waals surface area (Å²) in [6.07, 6.45) is 2.71. The SMILES string of the molecule is NCCCC[C@H](NC(=O)OCc1ccccc1)C(=O)N[C@@H](CCCCN)C(=O)OCc1ccccc1. The van der Waals surface area contributed by atoms with Gasteiger partial charge in [0.05, 0.1) is 0 Å². The lowest BCUT2D eigenvalue weighted by Crippen LogP contribution is -2.52. The molecule has 9 heteroatoms. The van der Waals surface area contributed by atoms with Gasteiger partial charge in [0, 0.05) is 0 Å². The van der Waals surface area contributed by atoms with E-state index in [0.717, 1.165) is 11.1 Å². The third-order valence-electron chi connectivity index (χ3n) is 5.54. The first kappa shape index (κ1) is 28.8. The summed E-state index contributed by atoms with van der Waals surface area (Å²) in [5, 5.41) is 5.39. The molecule has 0 unspecified atom stereocenters. The number of benzene rings is 2. The van der Waals surface area contributed by atoms with Crippen LogP contribution < -0.4 is 22.1 Å². The first-order valence-corrected chi connectivity index (χ1v) is 12.4. The largest absolute Gasteiger partial charge is 0.459 e. The smallest absolute Gasteiger partial charge is 0.408 e. The Morgan fingerprint density at radius 2 is 1.17 bits per heavy atom. The number of hydrogen-bond donors (Lipinski definition) is 4. The molecule has 196 valence electrons. The third-order valence-corrected chi connectivity index (χ3v) is 5.54. The number of alkyl carbamates (subject to hydrolysis) is 1. The molecular weight excluding hydrogens is 460 g/mol. The molecule has 0 aliphatic carbocycles. The van der Waals surface area contributed by atoms with Crippen LogP contribution in [0.4, 0.5) is 4.79 Å². The summed E-state index contributed by atoms with van der Waals surface area (Å²) in [5.41, 5.74) is 12.9. The molecule has 2 rings (SSSR count). The third kappa shape index (κ3) is 11.3. The number of carbonyl (C=O) groups excluding carboxylic acids is 3. The van der Waals surface area contributed by atoms with E-state index in [9.17, 15) is 14.4 Å². The predicted octanol–water partition coefficient (Wildman–Crippen LogP) is 2.77. The minimum absolute atomic E-state index is 0.0807. The summed E-state index contributed by atoms with van der Waals surface area (Å²) in [6, 6.07) is 16.8. The Labute approximate surface area is 212 Å². The molecule has 0 fully saturated rings. The van der Waals surface area contributed by atoms with E-state index in [1.807, 2.05) is 60.7 Å². The number of esters is 1. The molecule has 0 bridgehead atoms. The molecule has 0 aromatic heterocycles. The highest BCUT2D eigenvalue weighted by Crippen LogP contribution is 2.09. The number of rotatable bonds is 16. The van der Waals surface area contributed by atoms with Crippen molar-refractivity contribution in [2.75, 3.05) is 13.1 Å². The fourth-order valence-electron chi connectivity index (χ4n) is 3.51. The van der Waals surface area contributed by atoms with Crippen LogP contribution in [0, 0.1) is 0 Å². The molecule has 2 aromatic rings. The standard InChI is InChI=1S/C27H38N4O5/c28-17-9-7-15-23(31-27(34)36-20-22-13-5-2-6-14-22)25(32)30-24(16-8-10-18-29)26(33)35-19-21-11-3-1-4-12-21/h1-6,11-14,23-24H,7-10,15-20,28-29H2,(H,30,32)(H,31,34)/t23-,24-/m0/s1. The number of carbonyl (C=O) groups is 3. The van der Waals surface area contributed by atoms with Crippen molar-refractivity contribution >= 4 is 18.0 Å². The van der Waals surface area contributed by atoms with Crippen molar-refractivity contribution in [3.05, 3.63) is 71.8 Å². The predicted molar refractivity (Wildman–Crippen MR) is 138 cm³/mol. The topological polar surface area (TPSA) is 146 Å². The molecule has 0 radical (unpaired) electrons. The van der Waals surface area contributed by atoms with Crippen molar-refractivity contribution in [2.24, 2.45) is 11.5 Å². The van der Waals surface area contributed by atoms with Crippen LogP contribution in [0.25, 0.3) is 0 Å². The Bertz CT molecular complexity index is 911. The van der Waals surface area contributed by atoms with E-state index in [1.54, 1.807) is 0 Å². The number of hydrogen-bond acceptors (Lipinski definition) is 7. The molecule has 0 aliphatic rings. The van der Waals surface area contributed by atoms with Crippen molar-refractivity contribution in [3.8, 4) is 0 Å². The van der Waals surface area contributed by atoms with Gasteiger partial charge in [-0.3, -0.25) is 4.79 Å². The first-order valence-electron chi connectivity index (χ1n) is 12.4. The van der Waals surface area contributed by atoms with Gasteiger partial charge in [0.1, 0.15) is 25.3 Å². The zero-order chi connectivity index (χ0) is 26.0. The zero-order valence-electron chi connectivity index (χ0n) is 20.7. The summed E-state index contributed by atoms with van der Waals surface area (Å²) >= 11 is 0. The van der Waals surface area contributed by atoms with Gasteiger partial charge in [-0.05, 0) is 62.7 Å². The molecule has 0 saturated carbocycles. The summed E-state index contributed by atoms with van der Waals surface area (Å²) < 4.78 is 10.7. The molecule has 6 N–H and O–H groups in total. The van der Waals surface area contributed by atoms with Gasteiger partial charge in [-0.25, -0.2) is 9.59 Å². The van der Waals surface area contributed by atoms with Gasteiger partial charge in [0.25, 0.3) is 0 Å². The first-order chi connectivity index (χ1) is 17.5. The molecule has 0 saturated heterocycles. The van der Waals surface area contributed by atoms with E-state index in [4.69, 9.17) is 20.9 Å². The minimum atomic E-state index is -0.876. The second-order valence-electron chi connectivity index (χ2n) is 8.48. The summed E-state index contributed by atoms with van der Waals surface area (Å²) in [6.45, 7) is 1.14. The second-order valence-corrected chi connectivity index (χ2v) is 8.48. The lowest BCUT2D eigenvalue weighted by Gasteiger charge is -2.23. The van der Waals surface area contributed by atoms with Gasteiger partial charge in [0.15, 0.2) is 0 Å². The highest BCUT2D eigenvalue weighted by molar-refractivity contribution is 5.89. The van der Waals surface area contributed by atoms with Crippen LogP contribution in [0.5, 0.6) is 0 Å². The normalized spacial score (nSPS) is 12.3. The molecule has 36 heavy (non-hydrogen) atoms. The number of amides is 2. The van der Waals surface area contributed by atoms with E-state index in [1.165, 1.54) is 0 Å². The van der Waals surface area contributed by atoms with Gasteiger partial charge in [0.2, 0.25) is 5.91 Å². The molecule has 0 spiro atoms. The second kappa shape index (κ2) is 17.1. The maximum Gasteiger partial charge on any atom is 0.408 e. The Kier molecular flexibility index (Phi) is 13.7. The molecule has 2 atom stereocenters. The van der Waals surface area contributed by atoms with E-state index in [0.29, 0.717) is 51.6 Å². The summed E-state index contributed by atoms with van der Waals surface area (Å²) in [4.78, 5) is 38.3. The highest BCUT2D eigenvalue weighted by atomic mass is 16.5. The number of ether oxygens (including phenoxy) is 2. The Morgan fingerprint density at radius 1 is 0.667 bits per heavy atom. The van der Waals surface area contributed by atoms with Crippen molar-refractivity contribution in [2.45, 2.75) is 63.8 Å². The molecule has 2 amide bonds. The Hall–Kier alpha value is -3.43. The molecule has 0 aliphatic heterocycles. The lowest BCUT2D eigenvalue weighted by atomic mass is 10.1. The van der Waals surface area contributed by atoms with Gasteiger partial charge in [-0.15, -0.1) is 0 Å². The monoisotopic (exact) mass is 498 g/mol. The minimum Gasteiger partial charge on any atom is -0.459 e. The van der Waals surface area contributed by atoms with E-state index in [2.05, 4.69) is 10.6 Å². The van der Waals surface area contributed by atoms with Crippen LogP contribution in [-0.2, 0) is 32.3 Å². The van der Waals surface area contributed by atoms with Crippen LogP contribution >= 0.6 is 0 Å². The average Bonchev–Trinajstić information content (AvgIpc) is 2.90. The average molecular weight is 499 g/mol. The fourth-order valence-corrected chi connectivity index (χ4v) is 3.51. The van der Waals surface area contributed by atoms with Gasteiger partial charge in [-0.2, -0.15) is 0 Å².